The fourth-order valence-corrected chi connectivity index (χ4v) is 4.59. The maximum absolute atomic E-state index is 13.1. The molecule has 1 aliphatic heterocycles. The average Bonchev–Trinajstić information content (AvgIpc) is 2.63. The first-order valence-corrected chi connectivity index (χ1v) is 12.0. The molecule has 0 unspecified atom stereocenters. The summed E-state index contributed by atoms with van der Waals surface area (Å²) in [6, 6.07) is 1.44. The van der Waals surface area contributed by atoms with Gasteiger partial charge < -0.3 is 10.2 Å². The molecule has 1 aromatic rings. The van der Waals surface area contributed by atoms with Crippen LogP contribution in [0.25, 0.3) is 0 Å². The number of hydrogen-bond acceptors (Lipinski definition) is 7. The number of aryl methyl sites for hydroxylation is 2. The van der Waals surface area contributed by atoms with E-state index in [1.54, 1.807) is 16.7 Å². The number of nitrogens with zero attached hydrogens (tertiary/aromatic N) is 5. The quantitative estimate of drug-likeness (QED) is 0.644. The second-order valence-electron chi connectivity index (χ2n) is 6.97. The van der Waals surface area contributed by atoms with Crippen molar-refractivity contribution in [1.29, 1.82) is 0 Å². The van der Waals surface area contributed by atoms with Crippen LogP contribution in [0.15, 0.2) is 6.07 Å². The number of carbonyl (C=O) groups excluding carboxylic acids is 1. The molecule has 0 spiro atoms. The number of nitrogens with one attached hydrogen (secondary N) is 1. The lowest BCUT2D eigenvalue weighted by Crippen LogP contribution is -2.55. The van der Waals surface area contributed by atoms with Gasteiger partial charge in [0.15, 0.2) is 0 Å². The predicted molar refractivity (Wildman–Crippen MR) is 113 cm³/mol. The molecular formula is C17H30N6O3S2. The normalized spacial score (nSPS) is 17.0. The van der Waals surface area contributed by atoms with Crippen molar-refractivity contribution in [2.75, 3.05) is 57.6 Å². The third kappa shape index (κ3) is 5.79. The number of anilines is 1. The van der Waals surface area contributed by atoms with Crippen LogP contribution in [0.4, 0.5) is 5.95 Å². The number of rotatable bonds is 8. The summed E-state index contributed by atoms with van der Waals surface area (Å²) >= 11 is 1.67. The van der Waals surface area contributed by atoms with Crippen LogP contribution in [-0.4, -0.2) is 96.1 Å². The van der Waals surface area contributed by atoms with Crippen molar-refractivity contribution in [1.82, 2.24) is 23.5 Å². The maximum Gasteiger partial charge on any atom is 0.281 e. The molecule has 1 aliphatic rings. The van der Waals surface area contributed by atoms with Crippen molar-refractivity contribution in [2.45, 2.75) is 26.3 Å². The van der Waals surface area contributed by atoms with Crippen LogP contribution in [0.5, 0.6) is 0 Å². The maximum atomic E-state index is 13.1. The van der Waals surface area contributed by atoms with Crippen molar-refractivity contribution >= 4 is 33.8 Å². The van der Waals surface area contributed by atoms with E-state index in [1.165, 1.54) is 22.7 Å². The monoisotopic (exact) mass is 430 g/mol. The van der Waals surface area contributed by atoms with E-state index >= 15 is 0 Å². The molecule has 2 heterocycles. The van der Waals surface area contributed by atoms with Gasteiger partial charge in [0.1, 0.15) is 6.04 Å². The Hall–Kier alpha value is -1.43. The fraction of sp³-hybridized carbons (Fsp3) is 0.706. The second-order valence-corrected chi connectivity index (χ2v) is 10.1. The van der Waals surface area contributed by atoms with Gasteiger partial charge in [-0.3, -0.25) is 4.79 Å². The van der Waals surface area contributed by atoms with Gasteiger partial charge in [0, 0.05) is 51.7 Å². The fourth-order valence-electron chi connectivity index (χ4n) is 3.03. The topological polar surface area (TPSA) is 98.7 Å². The lowest BCUT2D eigenvalue weighted by atomic mass is 10.2. The number of thioether (sulfide) groups is 1. The molecule has 28 heavy (non-hydrogen) atoms. The molecular weight excluding hydrogens is 400 g/mol. The highest BCUT2D eigenvalue weighted by Gasteiger charge is 2.32. The van der Waals surface area contributed by atoms with E-state index < -0.39 is 16.3 Å². The Morgan fingerprint density at radius 3 is 2.29 bits per heavy atom. The summed E-state index contributed by atoms with van der Waals surface area (Å²) in [5.74, 6) is 1.23. The SMILES string of the molecule is CSCC[C@H](Nc1nc(C)cc(C)n1)C(=O)N1CCN(S(=O)(=O)N(C)C)CC1. The molecule has 1 N–H and O–H groups in total. The van der Waals surface area contributed by atoms with Crippen LogP contribution in [0, 0.1) is 13.8 Å². The summed E-state index contributed by atoms with van der Waals surface area (Å²) in [7, 11) is -0.426. The van der Waals surface area contributed by atoms with Crippen LogP contribution in [0.1, 0.15) is 17.8 Å². The summed E-state index contributed by atoms with van der Waals surface area (Å²) in [6.07, 6.45) is 2.65. The molecule has 9 nitrogen and oxygen atoms in total. The van der Waals surface area contributed by atoms with Gasteiger partial charge in [-0.05, 0) is 38.3 Å². The van der Waals surface area contributed by atoms with E-state index in [2.05, 4.69) is 15.3 Å². The van der Waals surface area contributed by atoms with E-state index in [9.17, 15) is 13.2 Å². The summed E-state index contributed by atoms with van der Waals surface area (Å²) < 4.78 is 27.1. The van der Waals surface area contributed by atoms with E-state index in [4.69, 9.17) is 0 Å². The highest BCUT2D eigenvalue weighted by atomic mass is 32.2. The molecule has 1 amide bonds. The number of piperazine rings is 1. The first-order chi connectivity index (χ1) is 13.1. The third-order valence-corrected chi connectivity index (χ3v) is 7.12. The highest BCUT2D eigenvalue weighted by Crippen LogP contribution is 2.15. The van der Waals surface area contributed by atoms with Crippen LogP contribution in [-0.2, 0) is 15.0 Å². The van der Waals surface area contributed by atoms with Crippen molar-refractivity contribution in [3.8, 4) is 0 Å². The van der Waals surface area contributed by atoms with Gasteiger partial charge in [-0.1, -0.05) is 0 Å². The zero-order valence-electron chi connectivity index (χ0n) is 17.2. The van der Waals surface area contributed by atoms with Crippen LogP contribution in [0.2, 0.25) is 0 Å². The Labute approximate surface area is 172 Å². The highest BCUT2D eigenvalue weighted by molar-refractivity contribution is 7.98. The van der Waals surface area contributed by atoms with Gasteiger partial charge in [0.05, 0.1) is 0 Å². The predicted octanol–water partition coefficient (Wildman–Crippen LogP) is 0.578. The Morgan fingerprint density at radius 2 is 1.79 bits per heavy atom. The zero-order chi connectivity index (χ0) is 20.9. The number of hydrogen-bond donors (Lipinski definition) is 1. The Kier molecular flexibility index (Phi) is 8.05. The molecule has 11 heteroatoms. The van der Waals surface area contributed by atoms with E-state index in [1.807, 2.05) is 26.2 Å². The minimum absolute atomic E-state index is 0.0429. The van der Waals surface area contributed by atoms with Crippen LogP contribution < -0.4 is 5.32 Å². The average molecular weight is 431 g/mol. The molecule has 1 fully saturated rings. The minimum Gasteiger partial charge on any atom is -0.342 e. The molecule has 1 saturated heterocycles. The lowest BCUT2D eigenvalue weighted by Gasteiger charge is -2.36. The van der Waals surface area contributed by atoms with E-state index in [0.717, 1.165) is 17.1 Å². The Bertz CT molecular complexity index is 759. The van der Waals surface area contributed by atoms with Gasteiger partial charge in [-0.25, -0.2) is 9.97 Å². The number of aromatic nitrogens is 2. The number of amides is 1. The minimum atomic E-state index is -3.45. The molecule has 0 saturated carbocycles. The summed E-state index contributed by atoms with van der Waals surface area (Å²) in [5.41, 5.74) is 1.68. The molecule has 2 rings (SSSR count). The standard InChI is InChI=1S/C17H30N6O3S2/c1-13-12-14(2)19-17(18-13)20-15(6-11-27-5)16(24)22-7-9-23(10-8-22)28(25,26)21(3)4/h12,15H,6-11H2,1-5H3,(H,18,19,20)/t15-/m0/s1. The Balaban J connectivity index is 2.07. The van der Waals surface area contributed by atoms with Crippen molar-refractivity contribution in [3.05, 3.63) is 17.5 Å². The molecule has 0 aromatic carbocycles. The lowest BCUT2D eigenvalue weighted by molar-refractivity contribution is -0.133. The third-order valence-electron chi connectivity index (χ3n) is 4.53. The summed E-state index contributed by atoms with van der Waals surface area (Å²) in [5, 5.41) is 3.19. The molecule has 0 radical (unpaired) electrons. The second kappa shape index (κ2) is 9.86. The zero-order valence-corrected chi connectivity index (χ0v) is 18.8. The van der Waals surface area contributed by atoms with Crippen molar-refractivity contribution < 1.29 is 13.2 Å². The molecule has 0 bridgehead atoms. The van der Waals surface area contributed by atoms with Crippen molar-refractivity contribution in [2.24, 2.45) is 0 Å². The van der Waals surface area contributed by atoms with Crippen LogP contribution >= 0.6 is 11.8 Å². The smallest absolute Gasteiger partial charge is 0.281 e. The van der Waals surface area contributed by atoms with Crippen molar-refractivity contribution in [3.63, 3.8) is 0 Å². The van der Waals surface area contributed by atoms with E-state index in [-0.39, 0.29) is 5.91 Å². The van der Waals surface area contributed by atoms with Crippen LogP contribution in [0.3, 0.4) is 0 Å². The molecule has 1 aromatic heterocycles. The molecule has 158 valence electrons. The van der Waals surface area contributed by atoms with Gasteiger partial charge in [-0.15, -0.1) is 0 Å². The summed E-state index contributed by atoms with van der Waals surface area (Å²) in [4.78, 5) is 23.6. The molecule has 0 aliphatic carbocycles. The number of carbonyl (C=O) groups is 1. The largest absolute Gasteiger partial charge is 0.342 e. The first kappa shape index (κ1) is 22.9. The summed E-state index contributed by atoms with van der Waals surface area (Å²) in [6.45, 7) is 5.11. The van der Waals surface area contributed by atoms with Gasteiger partial charge in [-0.2, -0.15) is 28.8 Å². The first-order valence-electron chi connectivity index (χ1n) is 9.19. The van der Waals surface area contributed by atoms with Gasteiger partial charge in [0.2, 0.25) is 11.9 Å². The van der Waals surface area contributed by atoms with E-state index in [0.29, 0.717) is 38.5 Å². The van der Waals surface area contributed by atoms with Gasteiger partial charge in [0.25, 0.3) is 10.2 Å². The Morgan fingerprint density at radius 1 is 1.21 bits per heavy atom. The van der Waals surface area contributed by atoms with Gasteiger partial charge >= 0.3 is 0 Å². The molecule has 1 atom stereocenters.